The second-order valence-corrected chi connectivity index (χ2v) is 4.74. The van der Waals surface area contributed by atoms with Crippen molar-refractivity contribution in [2.75, 3.05) is 13.7 Å². The van der Waals surface area contributed by atoms with Gasteiger partial charge in [0.05, 0.1) is 13.0 Å². The fraction of sp³-hybridized carbons (Fsp3) is 0.385. The third-order valence-corrected chi connectivity index (χ3v) is 2.81. The van der Waals surface area contributed by atoms with Crippen LogP contribution in [0.25, 0.3) is 0 Å². The van der Waals surface area contributed by atoms with Crippen LogP contribution >= 0.6 is 0 Å². The first-order chi connectivity index (χ1) is 9.44. The number of aromatic nitrogens is 2. The smallest absolute Gasteiger partial charge is 0.231 e. The van der Waals surface area contributed by atoms with Gasteiger partial charge in [0.15, 0.2) is 5.82 Å². The number of benzene rings is 1. The summed E-state index contributed by atoms with van der Waals surface area (Å²) in [6.45, 7) is 1.87. The van der Waals surface area contributed by atoms with E-state index in [1.807, 2.05) is 0 Å². The zero-order valence-corrected chi connectivity index (χ0v) is 11.2. The zero-order chi connectivity index (χ0) is 14.8. The predicted octanol–water partition coefficient (Wildman–Crippen LogP) is 1.76. The molecule has 2 N–H and O–H groups in total. The second-order valence-electron chi connectivity index (χ2n) is 4.74. The van der Waals surface area contributed by atoms with Gasteiger partial charge in [-0.05, 0) is 19.1 Å². The van der Waals surface area contributed by atoms with Crippen molar-refractivity contribution in [1.29, 1.82) is 0 Å². The van der Waals surface area contributed by atoms with Crippen molar-refractivity contribution in [3.63, 3.8) is 0 Å². The Morgan fingerprint density at radius 1 is 1.35 bits per heavy atom. The zero-order valence-electron chi connectivity index (χ0n) is 11.2. The molecule has 7 heteroatoms. The van der Waals surface area contributed by atoms with E-state index in [1.165, 1.54) is 25.3 Å². The van der Waals surface area contributed by atoms with Gasteiger partial charge in [0.1, 0.15) is 17.2 Å². The molecular formula is C13H15F2N3O2. The van der Waals surface area contributed by atoms with Gasteiger partial charge in [-0.2, -0.15) is 4.98 Å². The number of halogens is 2. The highest BCUT2D eigenvalue weighted by molar-refractivity contribution is 5.22. The Balaban J connectivity index is 2.22. The minimum Gasteiger partial charge on any atom is -0.382 e. The van der Waals surface area contributed by atoms with Crippen LogP contribution in [-0.2, 0) is 16.7 Å². The van der Waals surface area contributed by atoms with Gasteiger partial charge in [0.2, 0.25) is 5.89 Å². The van der Waals surface area contributed by atoms with E-state index in [0.29, 0.717) is 0 Å². The van der Waals surface area contributed by atoms with Crippen LogP contribution in [0, 0.1) is 11.6 Å². The lowest BCUT2D eigenvalue weighted by molar-refractivity contribution is 0.135. The minimum absolute atomic E-state index is 0.0942. The molecule has 20 heavy (non-hydrogen) atoms. The van der Waals surface area contributed by atoms with E-state index >= 15 is 0 Å². The second kappa shape index (κ2) is 5.64. The number of hydrogen-bond acceptors (Lipinski definition) is 5. The Morgan fingerprint density at radius 3 is 2.60 bits per heavy atom. The Morgan fingerprint density at radius 2 is 2.00 bits per heavy atom. The Bertz CT molecular complexity index is 579. The average Bonchev–Trinajstić information content (AvgIpc) is 2.83. The summed E-state index contributed by atoms with van der Waals surface area (Å²) in [6.07, 6.45) is -0.130. The van der Waals surface area contributed by atoms with Crippen LogP contribution in [0.2, 0.25) is 0 Å². The van der Waals surface area contributed by atoms with E-state index < -0.39 is 17.2 Å². The lowest BCUT2D eigenvalue weighted by atomic mass is 10.1. The van der Waals surface area contributed by atoms with E-state index in [4.69, 9.17) is 15.0 Å². The van der Waals surface area contributed by atoms with Crippen molar-refractivity contribution in [2.45, 2.75) is 18.9 Å². The highest BCUT2D eigenvalue weighted by atomic mass is 19.1. The molecule has 0 amide bonds. The molecule has 0 saturated carbocycles. The molecule has 0 aliphatic rings. The molecule has 5 nitrogen and oxygen atoms in total. The van der Waals surface area contributed by atoms with Crippen LogP contribution in [-0.4, -0.2) is 23.9 Å². The fourth-order valence-corrected chi connectivity index (χ4v) is 1.78. The van der Waals surface area contributed by atoms with Crippen molar-refractivity contribution in [3.05, 3.63) is 47.1 Å². The first kappa shape index (κ1) is 14.5. The summed E-state index contributed by atoms with van der Waals surface area (Å²) in [4.78, 5) is 4.06. The van der Waals surface area contributed by atoms with Crippen LogP contribution in [0.15, 0.2) is 22.7 Å². The van der Waals surface area contributed by atoms with E-state index in [9.17, 15) is 8.78 Å². The number of nitrogens with two attached hydrogens (primary N) is 1. The Labute approximate surface area is 114 Å². The SMILES string of the molecule is COCC(C)(N)c1noc(Cc2c(F)cccc2F)n1. The molecule has 1 aromatic carbocycles. The van der Waals surface area contributed by atoms with Crippen LogP contribution < -0.4 is 5.73 Å². The maximum atomic E-state index is 13.5. The summed E-state index contributed by atoms with van der Waals surface area (Å²) < 4.78 is 37.0. The maximum absolute atomic E-state index is 13.5. The predicted molar refractivity (Wildman–Crippen MR) is 66.9 cm³/mol. The highest BCUT2D eigenvalue weighted by Gasteiger charge is 2.27. The topological polar surface area (TPSA) is 74.2 Å². The molecule has 1 heterocycles. The third-order valence-electron chi connectivity index (χ3n) is 2.81. The number of ether oxygens (including phenoxy) is 1. The summed E-state index contributed by atoms with van der Waals surface area (Å²) >= 11 is 0. The normalized spacial score (nSPS) is 14.2. The van der Waals surface area contributed by atoms with Crippen LogP contribution in [0.3, 0.4) is 0 Å². The van der Waals surface area contributed by atoms with Gasteiger partial charge in [-0.3, -0.25) is 0 Å². The Kier molecular flexibility index (Phi) is 4.10. The molecule has 0 aliphatic heterocycles. The molecule has 108 valence electrons. The summed E-state index contributed by atoms with van der Waals surface area (Å²) in [7, 11) is 1.50. The molecule has 2 rings (SSSR count). The number of hydrogen-bond donors (Lipinski definition) is 1. The van der Waals surface area contributed by atoms with Crippen molar-refractivity contribution in [3.8, 4) is 0 Å². The van der Waals surface area contributed by atoms with Crippen molar-refractivity contribution in [2.24, 2.45) is 5.73 Å². The van der Waals surface area contributed by atoms with Gasteiger partial charge in [0.25, 0.3) is 0 Å². The van der Waals surface area contributed by atoms with Crippen LogP contribution in [0.4, 0.5) is 8.78 Å². The van der Waals surface area contributed by atoms with E-state index in [1.54, 1.807) is 6.92 Å². The first-order valence-corrected chi connectivity index (χ1v) is 5.98. The molecule has 1 aromatic heterocycles. The molecular weight excluding hydrogens is 268 g/mol. The maximum Gasteiger partial charge on any atom is 0.231 e. The van der Waals surface area contributed by atoms with Crippen molar-refractivity contribution in [1.82, 2.24) is 10.1 Å². The van der Waals surface area contributed by atoms with Gasteiger partial charge in [0, 0.05) is 12.7 Å². The summed E-state index contributed by atoms with van der Waals surface area (Å²) in [5.74, 6) is -0.989. The molecule has 1 atom stereocenters. The standard InChI is InChI=1S/C13H15F2N3O2/c1-13(16,7-19-2)12-17-11(20-18-12)6-8-9(14)4-3-5-10(8)15/h3-5H,6-7,16H2,1-2H3. The monoisotopic (exact) mass is 283 g/mol. The minimum atomic E-state index is -0.926. The van der Waals surface area contributed by atoms with E-state index in [2.05, 4.69) is 10.1 Å². The highest BCUT2D eigenvalue weighted by Crippen LogP contribution is 2.19. The van der Waals surface area contributed by atoms with Crippen molar-refractivity contribution < 1.29 is 18.0 Å². The van der Waals surface area contributed by atoms with E-state index in [0.717, 1.165) is 0 Å². The molecule has 0 radical (unpaired) electrons. The molecule has 0 aliphatic carbocycles. The summed E-state index contributed by atoms with van der Waals surface area (Å²) in [6, 6.07) is 3.64. The fourth-order valence-electron chi connectivity index (χ4n) is 1.78. The van der Waals surface area contributed by atoms with Gasteiger partial charge in [-0.15, -0.1) is 0 Å². The lowest BCUT2D eigenvalue weighted by Gasteiger charge is -2.18. The quantitative estimate of drug-likeness (QED) is 0.905. The largest absolute Gasteiger partial charge is 0.382 e. The molecule has 1 unspecified atom stereocenters. The molecule has 0 fully saturated rings. The number of methoxy groups -OCH3 is 1. The number of nitrogens with zero attached hydrogens (tertiary/aromatic N) is 2. The van der Waals surface area contributed by atoms with Crippen LogP contribution in [0.5, 0.6) is 0 Å². The van der Waals surface area contributed by atoms with E-state index in [-0.39, 0.29) is 30.3 Å². The summed E-state index contributed by atoms with van der Waals surface area (Å²) in [5.41, 5.74) is 4.91. The molecule has 0 saturated heterocycles. The lowest BCUT2D eigenvalue weighted by Crippen LogP contribution is -2.39. The average molecular weight is 283 g/mol. The van der Waals surface area contributed by atoms with Gasteiger partial charge < -0.3 is 15.0 Å². The van der Waals surface area contributed by atoms with Gasteiger partial charge >= 0.3 is 0 Å². The molecule has 2 aromatic rings. The molecule has 0 bridgehead atoms. The van der Waals surface area contributed by atoms with Gasteiger partial charge in [-0.25, -0.2) is 8.78 Å². The number of rotatable bonds is 5. The molecule has 0 spiro atoms. The van der Waals surface area contributed by atoms with Crippen molar-refractivity contribution >= 4 is 0 Å². The van der Waals surface area contributed by atoms with Crippen LogP contribution in [0.1, 0.15) is 24.2 Å². The van der Waals surface area contributed by atoms with Gasteiger partial charge in [-0.1, -0.05) is 11.2 Å². The Hall–Kier alpha value is -1.86. The first-order valence-electron chi connectivity index (χ1n) is 5.98. The summed E-state index contributed by atoms with van der Waals surface area (Å²) in [5, 5.41) is 3.73. The third kappa shape index (κ3) is 3.00.